The zero-order valence-corrected chi connectivity index (χ0v) is 16.6. The van der Waals surface area contributed by atoms with Gasteiger partial charge in [-0.1, -0.05) is 46.3 Å². The molecule has 0 heterocycles. The number of urea groups is 1. The lowest BCUT2D eigenvalue weighted by Gasteiger charge is -2.26. The minimum absolute atomic E-state index is 0.0543. The SMILES string of the molecule is Cc1cc(Br)ccc1NC(=O)CN(C)C(C(=O)NC(N)=O)c1ccccc1. The average molecular weight is 433 g/mol. The van der Waals surface area contributed by atoms with E-state index in [0.29, 0.717) is 11.3 Å². The summed E-state index contributed by atoms with van der Waals surface area (Å²) in [4.78, 5) is 37.5. The zero-order chi connectivity index (χ0) is 20.0. The normalized spacial score (nSPS) is 11.7. The van der Waals surface area contributed by atoms with Gasteiger partial charge in [0.25, 0.3) is 0 Å². The highest BCUT2D eigenvalue weighted by Gasteiger charge is 2.27. The Morgan fingerprint density at radius 1 is 1.15 bits per heavy atom. The average Bonchev–Trinajstić information content (AvgIpc) is 2.57. The monoisotopic (exact) mass is 432 g/mol. The van der Waals surface area contributed by atoms with Crippen LogP contribution in [0.5, 0.6) is 0 Å². The lowest BCUT2D eigenvalue weighted by atomic mass is 10.0. The highest BCUT2D eigenvalue weighted by atomic mass is 79.9. The minimum Gasteiger partial charge on any atom is -0.351 e. The lowest BCUT2D eigenvalue weighted by molar-refractivity contribution is -0.126. The number of amides is 4. The molecule has 0 saturated carbocycles. The van der Waals surface area contributed by atoms with Gasteiger partial charge >= 0.3 is 6.03 Å². The summed E-state index contributed by atoms with van der Waals surface area (Å²) in [6.45, 7) is 1.83. The van der Waals surface area contributed by atoms with Crippen LogP contribution in [0, 0.1) is 6.92 Å². The number of nitrogens with zero attached hydrogens (tertiary/aromatic N) is 1. The van der Waals surface area contributed by atoms with E-state index in [4.69, 9.17) is 5.73 Å². The number of aryl methyl sites for hydroxylation is 1. The maximum absolute atomic E-state index is 12.5. The molecule has 0 saturated heterocycles. The van der Waals surface area contributed by atoms with Gasteiger partial charge < -0.3 is 11.1 Å². The summed E-state index contributed by atoms with van der Waals surface area (Å²) in [6.07, 6.45) is 0. The van der Waals surface area contributed by atoms with Crippen molar-refractivity contribution in [3.05, 3.63) is 64.1 Å². The quantitative estimate of drug-likeness (QED) is 0.651. The van der Waals surface area contributed by atoms with Crippen molar-refractivity contribution in [2.24, 2.45) is 5.73 Å². The fourth-order valence-electron chi connectivity index (χ4n) is 2.71. The number of nitrogens with one attached hydrogen (secondary N) is 2. The molecule has 0 spiro atoms. The number of primary amides is 1. The number of imide groups is 1. The molecule has 0 fully saturated rings. The first-order valence-electron chi connectivity index (χ1n) is 8.19. The summed E-state index contributed by atoms with van der Waals surface area (Å²) < 4.78 is 0.919. The van der Waals surface area contributed by atoms with E-state index in [-0.39, 0.29) is 12.5 Å². The third-order valence-electron chi connectivity index (χ3n) is 3.91. The number of carbonyl (C=O) groups is 3. The Morgan fingerprint density at radius 3 is 2.41 bits per heavy atom. The van der Waals surface area contributed by atoms with Gasteiger partial charge in [0.2, 0.25) is 11.8 Å². The molecule has 0 radical (unpaired) electrons. The van der Waals surface area contributed by atoms with E-state index in [1.54, 1.807) is 42.3 Å². The van der Waals surface area contributed by atoms with Crippen molar-refractivity contribution in [1.29, 1.82) is 0 Å². The number of hydrogen-bond donors (Lipinski definition) is 3. The molecule has 0 aliphatic carbocycles. The second kappa shape index (κ2) is 9.29. The van der Waals surface area contributed by atoms with Crippen molar-refractivity contribution >= 4 is 39.5 Å². The number of nitrogens with two attached hydrogens (primary N) is 1. The molecule has 0 bridgehead atoms. The first kappa shape index (κ1) is 20.6. The fourth-order valence-corrected chi connectivity index (χ4v) is 3.18. The van der Waals surface area contributed by atoms with Crippen LogP contribution in [0.4, 0.5) is 10.5 Å². The van der Waals surface area contributed by atoms with Gasteiger partial charge in [-0.3, -0.25) is 19.8 Å². The number of carbonyl (C=O) groups excluding carboxylic acids is 3. The fraction of sp³-hybridized carbons (Fsp3) is 0.211. The molecule has 0 aromatic heterocycles. The third-order valence-corrected chi connectivity index (χ3v) is 4.40. The van der Waals surface area contributed by atoms with E-state index in [0.717, 1.165) is 10.0 Å². The van der Waals surface area contributed by atoms with Crippen LogP contribution in [0.2, 0.25) is 0 Å². The van der Waals surface area contributed by atoms with Crippen molar-refractivity contribution in [3.63, 3.8) is 0 Å². The largest absolute Gasteiger partial charge is 0.351 e. The Balaban J connectivity index is 2.14. The van der Waals surface area contributed by atoms with Crippen LogP contribution in [-0.4, -0.2) is 36.3 Å². The van der Waals surface area contributed by atoms with Crippen LogP contribution in [-0.2, 0) is 9.59 Å². The van der Waals surface area contributed by atoms with Crippen LogP contribution in [0.15, 0.2) is 53.0 Å². The number of likely N-dealkylation sites (N-methyl/N-ethyl adjacent to an activating group) is 1. The van der Waals surface area contributed by atoms with E-state index in [2.05, 4.69) is 26.6 Å². The highest BCUT2D eigenvalue weighted by molar-refractivity contribution is 9.10. The molecular weight excluding hydrogens is 412 g/mol. The number of halogens is 1. The van der Waals surface area contributed by atoms with Gasteiger partial charge in [-0.25, -0.2) is 4.79 Å². The third kappa shape index (κ3) is 5.90. The second-order valence-electron chi connectivity index (χ2n) is 6.09. The molecule has 4 amide bonds. The summed E-state index contributed by atoms with van der Waals surface area (Å²) in [6, 6.07) is 12.6. The van der Waals surface area contributed by atoms with Gasteiger partial charge in [0, 0.05) is 10.2 Å². The smallest absolute Gasteiger partial charge is 0.318 e. The van der Waals surface area contributed by atoms with Crippen molar-refractivity contribution in [3.8, 4) is 0 Å². The maximum atomic E-state index is 12.5. The molecule has 2 aromatic carbocycles. The molecule has 2 rings (SSSR count). The summed E-state index contributed by atoms with van der Waals surface area (Å²) >= 11 is 3.38. The van der Waals surface area contributed by atoms with Crippen LogP contribution in [0.3, 0.4) is 0 Å². The standard InChI is InChI=1S/C19H21BrN4O3/c1-12-10-14(20)8-9-15(12)22-16(25)11-24(2)17(18(26)23-19(21)27)13-6-4-3-5-7-13/h3-10,17H,11H2,1-2H3,(H,22,25)(H3,21,23,26,27). The molecule has 0 aliphatic rings. The Kier molecular flexibility index (Phi) is 7.09. The predicted octanol–water partition coefficient (Wildman–Crippen LogP) is 2.56. The van der Waals surface area contributed by atoms with Crippen LogP contribution >= 0.6 is 15.9 Å². The minimum atomic E-state index is -0.940. The first-order chi connectivity index (χ1) is 12.8. The van der Waals surface area contributed by atoms with Crippen LogP contribution in [0.1, 0.15) is 17.2 Å². The Labute approximate surface area is 166 Å². The highest BCUT2D eigenvalue weighted by Crippen LogP contribution is 2.22. The molecule has 8 heteroatoms. The molecule has 1 atom stereocenters. The van der Waals surface area contributed by atoms with E-state index in [1.165, 1.54) is 0 Å². The molecule has 27 heavy (non-hydrogen) atoms. The predicted molar refractivity (Wildman–Crippen MR) is 107 cm³/mol. The Morgan fingerprint density at radius 2 is 1.81 bits per heavy atom. The van der Waals surface area contributed by atoms with E-state index in [1.807, 2.05) is 25.1 Å². The number of benzene rings is 2. The van der Waals surface area contributed by atoms with Crippen molar-refractivity contribution in [2.75, 3.05) is 18.9 Å². The van der Waals surface area contributed by atoms with Crippen molar-refractivity contribution in [1.82, 2.24) is 10.2 Å². The Bertz CT molecular complexity index is 842. The van der Waals surface area contributed by atoms with E-state index in [9.17, 15) is 14.4 Å². The molecular formula is C19H21BrN4O3. The van der Waals surface area contributed by atoms with Gasteiger partial charge in [-0.05, 0) is 43.3 Å². The van der Waals surface area contributed by atoms with E-state index < -0.39 is 18.0 Å². The first-order valence-corrected chi connectivity index (χ1v) is 8.98. The van der Waals surface area contributed by atoms with Crippen LogP contribution in [0.25, 0.3) is 0 Å². The maximum Gasteiger partial charge on any atom is 0.318 e. The molecule has 2 aromatic rings. The van der Waals surface area contributed by atoms with Crippen molar-refractivity contribution < 1.29 is 14.4 Å². The lowest BCUT2D eigenvalue weighted by Crippen LogP contribution is -2.45. The summed E-state index contributed by atoms with van der Waals surface area (Å²) in [7, 11) is 1.63. The summed E-state index contributed by atoms with van der Waals surface area (Å²) in [5.41, 5.74) is 7.31. The summed E-state index contributed by atoms with van der Waals surface area (Å²) in [5, 5.41) is 4.91. The van der Waals surface area contributed by atoms with Gasteiger partial charge in [0.05, 0.1) is 6.54 Å². The molecule has 142 valence electrons. The number of anilines is 1. The second-order valence-corrected chi connectivity index (χ2v) is 7.00. The summed E-state index contributed by atoms with van der Waals surface area (Å²) in [5.74, 6) is -0.875. The van der Waals surface area contributed by atoms with Crippen molar-refractivity contribution in [2.45, 2.75) is 13.0 Å². The van der Waals surface area contributed by atoms with Gasteiger partial charge in [0.1, 0.15) is 6.04 Å². The number of hydrogen-bond acceptors (Lipinski definition) is 4. The molecule has 1 unspecified atom stereocenters. The van der Waals surface area contributed by atoms with Gasteiger partial charge in [-0.15, -0.1) is 0 Å². The number of rotatable bonds is 6. The molecule has 0 aliphatic heterocycles. The van der Waals surface area contributed by atoms with E-state index >= 15 is 0 Å². The molecule has 7 nitrogen and oxygen atoms in total. The zero-order valence-electron chi connectivity index (χ0n) is 15.0. The van der Waals surface area contributed by atoms with Gasteiger partial charge in [0.15, 0.2) is 0 Å². The Hall–Kier alpha value is -2.71. The van der Waals surface area contributed by atoms with Crippen LogP contribution < -0.4 is 16.4 Å². The molecule has 4 N–H and O–H groups in total. The van der Waals surface area contributed by atoms with Gasteiger partial charge in [-0.2, -0.15) is 0 Å². The topological polar surface area (TPSA) is 105 Å².